The molecule has 1 aromatic carbocycles. The van der Waals surface area contributed by atoms with Crippen molar-refractivity contribution in [1.82, 2.24) is 15.5 Å². The van der Waals surface area contributed by atoms with Crippen LogP contribution >= 0.6 is 15.9 Å². The molecule has 0 saturated carbocycles. The second-order valence-electron chi connectivity index (χ2n) is 3.58. The van der Waals surface area contributed by atoms with Crippen LogP contribution in [0.15, 0.2) is 27.2 Å². The summed E-state index contributed by atoms with van der Waals surface area (Å²) in [6, 6.07) is 5.02. The average molecular weight is 300 g/mol. The first-order chi connectivity index (χ1) is 8.15. The molecule has 1 aromatic heterocycles. The van der Waals surface area contributed by atoms with Crippen LogP contribution in [-0.4, -0.2) is 10.1 Å². The number of benzene rings is 1. The maximum absolute atomic E-state index is 13.2. The molecule has 1 heterocycles. The van der Waals surface area contributed by atoms with Gasteiger partial charge in [-0.15, -0.1) is 0 Å². The van der Waals surface area contributed by atoms with E-state index in [1.807, 2.05) is 6.07 Å². The zero-order valence-corrected chi connectivity index (χ0v) is 10.8. The smallest absolute Gasteiger partial charge is 0.223 e. The number of aryl methyl sites for hydroxylation is 1. The SMILES string of the molecule is Cc1nc(CNCc2ccc(Br)c(F)c2)no1. The summed E-state index contributed by atoms with van der Waals surface area (Å²) in [4.78, 5) is 4.05. The standard InChI is InChI=1S/C11H11BrFN3O/c1-7-15-11(16-17-7)6-14-5-8-2-3-9(12)10(13)4-8/h2-4,14H,5-6H2,1H3. The first-order valence-electron chi connectivity index (χ1n) is 5.09. The van der Waals surface area contributed by atoms with Crippen molar-refractivity contribution in [3.8, 4) is 0 Å². The lowest BCUT2D eigenvalue weighted by atomic mass is 10.2. The first kappa shape index (κ1) is 12.2. The molecule has 2 aromatic rings. The molecular formula is C11H11BrFN3O. The highest BCUT2D eigenvalue weighted by atomic mass is 79.9. The van der Waals surface area contributed by atoms with Gasteiger partial charge in [-0.25, -0.2) is 4.39 Å². The Morgan fingerprint density at radius 1 is 1.41 bits per heavy atom. The Bertz CT molecular complexity index is 515. The molecule has 2 rings (SSSR count). The predicted molar refractivity (Wildman–Crippen MR) is 63.7 cm³/mol. The minimum atomic E-state index is -0.264. The lowest BCUT2D eigenvalue weighted by Gasteiger charge is -2.03. The van der Waals surface area contributed by atoms with Gasteiger partial charge < -0.3 is 9.84 Å². The Labute approximate surface area is 106 Å². The van der Waals surface area contributed by atoms with E-state index in [-0.39, 0.29) is 5.82 Å². The molecule has 0 spiro atoms. The molecule has 0 atom stereocenters. The van der Waals surface area contributed by atoms with Crippen LogP contribution in [0.4, 0.5) is 4.39 Å². The quantitative estimate of drug-likeness (QED) is 0.943. The van der Waals surface area contributed by atoms with E-state index in [1.54, 1.807) is 13.0 Å². The topological polar surface area (TPSA) is 51.0 Å². The van der Waals surface area contributed by atoms with E-state index in [9.17, 15) is 4.39 Å². The summed E-state index contributed by atoms with van der Waals surface area (Å²) >= 11 is 3.11. The monoisotopic (exact) mass is 299 g/mol. The van der Waals surface area contributed by atoms with Crippen molar-refractivity contribution in [1.29, 1.82) is 0 Å². The fourth-order valence-corrected chi connectivity index (χ4v) is 1.63. The molecule has 6 heteroatoms. The van der Waals surface area contributed by atoms with Crippen LogP contribution in [0, 0.1) is 12.7 Å². The molecule has 0 bridgehead atoms. The largest absolute Gasteiger partial charge is 0.340 e. The van der Waals surface area contributed by atoms with Crippen molar-refractivity contribution in [3.05, 3.63) is 45.8 Å². The maximum atomic E-state index is 13.2. The van der Waals surface area contributed by atoms with Crippen molar-refractivity contribution >= 4 is 15.9 Å². The number of rotatable bonds is 4. The molecule has 0 saturated heterocycles. The van der Waals surface area contributed by atoms with Crippen LogP contribution in [0.25, 0.3) is 0 Å². The highest BCUT2D eigenvalue weighted by molar-refractivity contribution is 9.10. The van der Waals surface area contributed by atoms with Crippen molar-refractivity contribution in [3.63, 3.8) is 0 Å². The molecule has 90 valence electrons. The maximum Gasteiger partial charge on any atom is 0.223 e. The molecule has 0 fully saturated rings. The molecule has 1 N–H and O–H groups in total. The van der Waals surface area contributed by atoms with Crippen LogP contribution in [0.2, 0.25) is 0 Å². The Kier molecular flexibility index (Phi) is 3.86. The summed E-state index contributed by atoms with van der Waals surface area (Å²) in [6.07, 6.45) is 0. The number of nitrogens with one attached hydrogen (secondary N) is 1. The van der Waals surface area contributed by atoms with Gasteiger partial charge in [0.25, 0.3) is 0 Å². The van der Waals surface area contributed by atoms with Crippen LogP contribution in [0.1, 0.15) is 17.3 Å². The molecule has 17 heavy (non-hydrogen) atoms. The third-order valence-electron chi connectivity index (χ3n) is 2.17. The molecule has 0 aliphatic carbocycles. The minimum absolute atomic E-state index is 0.264. The molecule has 0 aliphatic rings. The van der Waals surface area contributed by atoms with Crippen LogP contribution in [0.5, 0.6) is 0 Å². The number of aromatic nitrogens is 2. The van der Waals surface area contributed by atoms with Gasteiger partial charge in [0.2, 0.25) is 5.89 Å². The minimum Gasteiger partial charge on any atom is -0.340 e. The summed E-state index contributed by atoms with van der Waals surface area (Å²) in [5.74, 6) is 0.872. The van der Waals surface area contributed by atoms with Gasteiger partial charge in [-0.05, 0) is 33.6 Å². The Hall–Kier alpha value is -1.27. The summed E-state index contributed by atoms with van der Waals surface area (Å²) in [5.41, 5.74) is 0.867. The van der Waals surface area contributed by atoms with E-state index in [2.05, 4.69) is 31.4 Å². The van der Waals surface area contributed by atoms with Gasteiger partial charge in [-0.1, -0.05) is 11.2 Å². The zero-order chi connectivity index (χ0) is 12.3. The van der Waals surface area contributed by atoms with E-state index in [4.69, 9.17) is 4.52 Å². The van der Waals surface area contributed by atoms with Crippen LogP contribution < -0.4 is 5.32 Å². The zero-order valence-electron chi connectivity index (χ0n) is 9.20. The third-order valence-corrected chi connectivity index (χ3v) is 2.81. The van der Waals surface area contributed by atoms with Crippen molar-refractivity contribution < 1.29 is 8.91 Å². The Morgan fingerprint density at radius 3 is 2.88 bits per heavy atom. The summed E-state index contributed by atoms with van der Waals surface area (Å²) in [7, 11) is 0. The van der Waals surface area contributed by atoms with Gasteiger partial charge in [-0.2, -0.15) is 4.98 Å². The fourth-order valence-electron chi connectivity index (χ4n) is 1.38. The van der Waals surface area contributed by atoms with E-state index in [1.165, 1.54) is 6.07 Å². The number of nitrogens with zero attached hydrogens (tertiary/aromatic N) is 2. The second kappa shape index (κ2) is 5.37. The summed E-state index contributed by atoms with van der Waals surface area (Å²) in [6.45, 7) is 2.79. The first-order valence-corrected chi connectivity index (χ1v) is 5.88. The predicted octanol–water partition coefficient (Wildman–Crippen LogP) is 2.57. The van der Waals surface area contributed by atoms with Gasteiger partial charge in [0.1, 0.15) is 5.82 Å². The summed E-state index contributed by atoms with van der Waals surface area (Å²) < 4.78 is 18.5. The molecule has 0 aliphatic heterocycles. The van der Waals surface area contributed by atoms with Gasteiger partial charge >= 0.3 is 0 Å². The van der Waals surface area contributed by atoms with Crippen molar-refractivity contribution in [2.75, 3.05) is 0 Å². The third kappa shape index (κ3) is 3.34. The highest BCUT2D eigenvalue weighted by Gasteiger charge is 2.03. The Balaban J connectivity index is 1.87. The lowest BCUT2D eigenvalue weighted by molar-refractivity contribution is 0.385. The van der Waals surface area contributed by atoms with Crippen molar-refractivity contribution in [2.24, 2.45) is 0 Å². The van der Waals surface area contributed by atoms with Crippen LogP contribution in [-0.2, 0) is 13.1 Å². The number of halogens is 2. The van der Waals surface area contributed by atoms with Crippen LogP contribution in [0.3, 0.4) is 0 Å². The normalized spacial score (nSPS) is 10.8. The van der Waals surface area contributed by atoms with Gasteiger partial charge in [0.15, 0.2) is 5.82 Å². The van der Waals surface area contributed by atoms with E-state index < -0.39 is 0 Å². The van der Waals surface area contributed by atoms with Gasteiger partial charge in [0, 0.05) is 13.5 Å². The Morgan fingerprint density at radius 2 is 2.24 bits per heavy atom. The highest BCUT2D eigenvalue weighted by Crippen LogP contribution is 2.16. The van der Waals surface area contributed by atoms with E-state index in [0.29, 0.717) is 29.3 Å². The summed E-state index contributed by atoms with van der Waals surface area (Å²) in [5, 5.41) is 6.86. The lowest BCUT2D eigenvalue weighted by Crippen LogP contribution is -2.13. The molecule has 4 nitrogen and oxygen atoms in total. The van der Waals surface area contributed by atoms with Gasteiger partial charge in [0.05, 0.1) is 11.0 Å². The van der Waals surface area contributed by atoms with Gasteiger partial charge in [-0.3, -0.25) is 0 Å². The molecule has 0 radical (unpaired) electrons. The van der Waals surface area contributed by atoms with Crippen molar-refractivity contribution in [2.45, 2.75) is 20.0 Å². The average Bonchev–Trinajstić information content (AvgIpc) is 2.70. The second-order valence-corrected chi connectivity index (χ2v) is 4.44. The number of hydrogen-bond donors (Lipinski definition) is 1. The number of hydrogen-bond acceptors (Lipinski definition) is 4. The molecule has 0 amide bonds. The van der Waals surface area contributed by atoms with E-state index >= 15 is 0 Å². The van der Waals surface area contributed by atoms with E-state index in [0.717, 1.165) is 5.56 Å². The fraction of sp³-hybridized carbons (Fsp3) is 0.273. The molecular weight excluding hydrogens is 289 g/mol. The molecule has 0 unspecified atom stereocenters.